The number of carbonyl (C=O) groups is 2. The van der Waals surface area contributed by atoms with Crippen LogP contribution in [0.4, 0.5) is 15.6 Å². The normalized spacial score (nSPS) is 14.7. The van der Waals surface area contributed by atoms with E-state index < -0.39 is 6.03 Å². The number of urea groups is 1. The molecule has 0 bridgehead atoms. The number of aromatic nitrogens is 1. The largest absolute Gasteiger partial charge is 0.353 e. The Kier molecular flexibility index (Phi) is 6.46. The van der Waals surface area contributed by atoms with Crippen molar-refractivity contribution in [2.75, 3.05) is 10.6 Å². The number of rotatable bonds is 5. The van der Waals surface area contributed by atoms with Crippen molar-refractivity contribution in [2.45, 2.75) is 44.6 Å². The van der Waals surface area contributed by atoms with E-state index in [2.05, 4.69) is 20.9 Å². The first-order valence-corrected chi connectivity index (χ1v) is 9.91. The molecule has 0 aliphatic heterocycles. The van der Waals surface area contributed by atoms with E-state index in [4.69, 9.17) is 11.6 Å². The molecule has 0 saturated heterocycles. The zero-order valence-corrected chi connectivity index (χ0v) is 15.8. The molecule has 138 valence electrons. The fourth-order valence-corrected chi connectivity index (χ4v) is 3.86. The zero-order chi connectivity index (χ0) is 18.4. The fourth-order valence-electron chi connectivity index (χ4n) is 2.96. The third-order valence-electron chi connectivity index (χ3n) is 4.17. The van der Waals surface area contributed by atoms with E-state index in [1.807, 2.05) is 0 Å². The summed E-state index contributed by atoms with van der Waals surface area (Å²) in [5, 5.41) is 11.2. The highest BCUT2D eigenvalue weighted by Gasteiger charge is 2.17. The van der Waals surface area contributed by atoms with Gasteiger partial charge in [-0.05, 0) is 31.0 Å². The number of halogens is 1. The van der Waals surface area contributed by atoms with Crippen LogP contribution in [0.1, 0.15) is 37.8 Å². The van der Waals surface area contributed by atoms with Crippen LogP contribution >= 0.6 is 22.9 Å². The highest BCUT2D eigenvalue weighted by molar-refractivity contribution is 7.14. The minimum atomic E-state index is -0.403. The molecule has 3 amide bonds. The van der Waals surface area contributed by atoms with Gasteiger partial charge in [-0.1, -0.05) is 36.9 Å². The van der Waals surface area contributed by atoms with Crippen LogP contribution < -0.4 is 16.0 Å². The van der Waals surface area contributed by atoms with Gasteiger partial charge in [0.1, 0.15) is 0 Å². The van der Waals surface area contributed by atoms with Crippen LogP contribution in [-0.4, -0.2) is 23.0 Å². The van der Waals surface area contributed by atoms with Crippen LogP contribution in [0.25, 0.3) is 0 Å². The van der Waals surface area contributed by atoms with Crippen LogP contribution in [-0.2, 0) is 11.2 Å². The predicted octanol–water partition coefficient (Wildman–Crippen LogP) is 4.43. The monoisotopic (exact) mass is 392 g/mol. The Hall–Kier alpha value is -2.12. The van der Waals surface area contributed by atoms with Gasteiger partial charge in [0.05, 0.1) is 12.1 Å². The van der Waals surface area contributed by atoms with Crippen molar-refractivity contribution < 1.29 is 9.59 Å². The van der Waals surface area contributed by atoms with E-state index in [1.54, 1.807) is 29.6 Å². The molecule has 1 aromatic carbocycles. The van der Waals surface area contributed by atoms with Gasteiger partial charge in [0, 0.05) is 22.1 Å². The Balaban J connectivity index is 1.47. The molecule has 1 aromatic heterocycles. The molecule has 1 heterocycles. The molecule has 6 nitrogen and oxygen atoms in total. The van der Waals surface area contributed by atoms with Gasteiger partial charge in [-0.15, -0.1) is 11.3 Å². The van der Waals surface area contributed by atoms with Crippen LogP contribution in [0, 0.1) is 0 Å². The molecule has 1 saturated carbocycles. The summed E-state index contributed by atoms with van der Waals surface area (Å²) in [4.78, 5) is 28.4. The van der Waals surface area contributed by atoms with Crippen LogP contribution in [0.15, 0.2) is 29.6 Å². The van der Waals surface area contributed by atoms with E-state index in [-0.39, 0.29) is 18.4 Å². The Morgan fingerprint density at radius 2 is 2.00 bits per heavy atom. The van der Waals surface area contributed by atoms with Gasteiger partial charge in [0.25, 0.3) is 0 Å². The Labute approximate surface area is 161 Å². The second-order valence-electron chi connectivity index (χ2n) is 6.31. The molecule has 1 aliphatic rings. The van der Waals surface area contributed by atoms with Crippen LogP contribution in [0.5, 0.6) is 0 Å². The summed E-state index contributed by atoms with van der Waals surface area (Å²) in [6, 6.07) is 6.77. The quantitative estimate of drug-likeness (QED) is 0.703. The highest BCUT2D eigenvalue weighted by atomic mass is 35.5. The molecular formula is C18H21ClN4O2S. The maximum Gasteiger partial charge on any atom is 0.325 e. The van der Waals surface area contributed by atoms with Gasteiger partial charge < -0.3 is 10.6 Å². The van der Waals surface area contributed by atoms with Gasteiger partial charge in [0.2, 0.25) is 5.91 Å². The van der Waals surface area contributed by atoms with E-state index in [9.17, 15) is 9.59 Å². The van der Waals surface area contributed by atoms with E-state index in [1.165, 1.54) is 30.6 Å². The van der Waals surface area contributed by atoms with Crippen molar-refractivity contribution in [3.63, 3.8) is 0 Å². The fraction of sp³-hybridized carbons (Fsp3) is 0.389. The number of anilines is 2. The Bertz CT molecular complexity index is 774. The van der Waals surface area contributed by atoms with Gasteiger partial charge in [0.15, 0.2) is 5.13 Å². The lowest BCUT2D eigenvalue weighted by atomic mass is 9.95. The second kappa shape index (κ2) is 9.00. The molecule has 0 radical (unpaired) electrons. The van der Waals surface area contributed by atoms with Gasteiger partial charge in [-0.25, -0.2) is 9.78 Å². The number of thiazole rings is 1. The topological polar surface area (TPSA) is 83.1 Å². The van der Waals surface area contributed by atoms with Crippen molar-refractivity contribution in [1.29, 1.82) is 0 Å². The Morgan fingerprint density at radius 3 is 2.77 bits per heavy atom. The van der Waals surface area contributed by atoms with Crippen molar-refractivity contribution in [3.05, 3.63) is 40.4 Å². The number of nitrogens with one attached hydrogen (secondary N) is 3. The molecule has 0 atom stereocenters. The average Bonchev–Trinajstić information content (AvgIpc) is 3.02. The molecule has 0 unspecified atom stereocenters. The molecule has 26 heavy (non-hydrogen) atoms. The molecule has 1 fully saturated rings. The lowest BCUT2D eigenvalue weighted by Gasteiger charge is -2.22. The third-order valence-corrected chi connectivity index (χ3v) is 5.21. The summed E-state index contributed by atoms with van der Waals surface area (Å²) < 4.78 is 0. The summed E-state index contributed by atoms with van der Waals surface area (Å²) >= 11 is 7.18. The number of nitrogens with zero attached hydrogens (tertiary/aromatic N) is 1. The zero-order valence-electron chi connectivity index (χ0n) is 14.3. The molecule has 8 heteroatoms. The second-order valence-corrected chi connectivity index (χ2v) is 7.61. The number of amides is 3. The highest BCUT2D eigenvalue weighted by Crippen LogP contribution is 2.19. The lowest BCUT2D eigenvalue weighted by Crippen LogP contribution is -2.37. The van der Waals surface area contributed by atoms with Crippen LogP contribution in [0.3, 0.4) is 0 Å². The first-order valence-electron chi connectivity index (χ1n) is 8.66. The van der Waals surface area contributed by atoms with Crippen molar-refractivity contribution in [2.24, 2.45) is 0 Å². The minimum absolute atomic E-state index is 0.0165. The molecule has 0 spiro atoms. The summed E-state index contributed by atoms with van der Waals surface area (Å²) in [7, 11) is 0. The number of carbonyl (C=O) groups excluding carboxylic acids is 2. The summed E-state index contributed by atoms with van der Waals surface area (Å²) in [5.74, 6) is -0.0165. The summed E-state index contributed by atoms with van der Waals surface area (Å²) in [6.45, 7) is 0. The van der Waals surface area contributed by atoms with E-state index in [0.717, 1.165) is 12.8 Å². The number of benzene rings is 1. The smallest absolute Gasteiger partial charge is 0.325 e. The van der Waals surface area contributed by atoms with Gasteiger partial charge >= 0.3 is 6.03 Å². The lowest BCUT2D eigenvalue weighted by molar-refractivity contribution is -0.121. The van der Waals surface area contributed by atoms with Gasteiger partial charge in [-0.3, -0.25) is 10.1 Å². The SMILES string of the molecule is O=C(Cc1csc(NC(=O)Nc2cccc(Cl)c2)n1)NC1CCCCC1. The van der Waals surface area contributed by atoms with Crippen molar-refractivity contribution in [3.8, 4) is 0 Å². The number of hydrogen-bond donors (Lipinski definition) is 3. The average molecular weight is 393 g/mol. The maximum atomic E-state index is 12.1. The van der Waals surface area contributed by atoms with Crippen LogP contribution in [0.2, 0.25) is 5.02 Å². The maximum absolute atomic E-state index is 12.1. The first-order chi connectivity index (χ1) is 12.6. The molecule has 3 N–H and O–H groups in total. The molecule has 1 aliphatic carbocycles. The first kappa shape index (κ1) is 18.7. The standard InChI is InChI=1S/C18H21ClN4O2S/c19-12-5-4-8-14(9-12)21-17(25)23-18-22-15(11-26-18)10-16(24)20-13-6-2-1-3-7-13/h4-5,8-9,11,13H,1-3,6-7,10H2,(H,20,24)(H2,21,22,23,25). The summed E-state index contributed by atoms with van der Waals surface area (Å²) in [6.07, 6.45) is 5.95. The van der Waals surface area contributed by atoms with E-state index in [0.29, 0.717) is 21.5 Å². The molecular weight excluding hydrogens is 372 g/mol. The van der Waals surface area contributed by atoms with E-state index >= 15 is 0 Å². The molecule has 2 aromatic rings. The third kappa shape index (κ3) is 5.71. The van der Waals surface area contributed by atoms with Crippen molar-refractivity contribution in [1.82, 2.24) is 10.3 Å². The predicted molar refractivity (Wildman–Crippen MR) is 105 cm³/mol. The van der Waals surface area contributed by atoms with Gasteiger partial charge in [-0.2, -0.15) is 0 Å². The van der Waals surface area contributed by atoms with Crippen molar-refractivity contribution >= 4 is 45.7 Å². The number of hydrogen-bond acceptors (Lipinski definition) is 4. The summed E-state index contributed by atoms with van der Waals surface area (Å²) in [5.41, 5.74) is 1.25. The minimum Gasteiger partial charge on any atom is -0.353 e. The molecule has 3 rings (SSSR count). The Morgan fingerprint density at radius 1 is 1.19 bits per heavy atom.